The van der Waals surface area contributed by atoms with E-state index in [-0.39, 0.29) is 24.4 Å². The summed E-state index contributed by atoms with van der Waals surface area (Å²) in [5, 5.41) is 10.7. The van der Waals surface area contributed by atoms with E-state index >= 15 is 0 Å². The second kappa shape index (κ2) is 9.01. The molecule has 4 rings (SSSR count). The number of carbonyl (C=O) groups excluding carboxylic acids is 1. The average molecular weight is 399 g/mol. The third kappa shape index (κ3) is 4.42. The molecule has 28 heavy (non-hydrogen) atoms. The van der Waals surface area contributed by atoms with Crippen LogP contribution in [0.1, 0.15) is 22.2 Å². The molecule has 0 spiro atoms. The summed E-state index contributed by atoms with van der Waals surface area (Å²) in [6.07, 6.45) is 0.0639. The zero-order valence-electron chi connectivity index (χ0n) is 15.6. The van der Waals surface area contributed by atoms with Crippen LogP contribution < -0.4 is 10.6 Å². The minimum atomic E-state index is -0.185. The number of halogens is 1. The number of rotatable bonds is 4. The Morgan fingerprint density at radius 1 is 1.18 bits per heavy atom. The molecule has 2 aromatic carbocycles. The van der Waals surface area contributed by atoms with Crippen LogP contribution >= 0.6 is 12.4 Å². The van der Waals surface area contributed by atoms with Gasteiger partial charge in [-0.2, -0.15) is 5.10 Å². The van der Waals surface area contributed by atoms with Gasteiger partial charge in [0.15, 0.2) is 0 Å². The summed E-state index contributed by atoms with van der Waals surface area (Å²) in [5.74, 6) is -0.185. The van der Waals surface area contributed by atoms with Gasteiger partial charge in [-0.25, -0.2) is 0 Å². The molecule has 6 nitrogen and oxygen atoms in total. The number of anilines is 1. The Morgan fingerprint density at radius 2 is 1.93 bits per heavy atom. The number of benzene rings is 2. The number of nitrogens with one attached hydrogen (secondary N) is 2. The molecule has 1 saturated heterocycles. The van der Waals surface area contributed by atoms with Crippen LogP contribution in [0, 0.1) is 0 Å². The maximum Gasteiger partial charge on any atom is 0.273 e. The summed E-state index contributed by atoms with van der Waals surface area (Å²) in [6.45, 7) is 2.41. The predicted octanol–water partition coefficient (Wildman–Crippen LogP) is 3.42. The first-order valence-electron chi connectivity index (χ1n) is 9.04. The summed E-state index contributed by atoms with van der Waals surface area (Å²) >= 11 is 0. The number of carbonyl (C=O) groups is 1. The molecule has 1 aliphatic rings. The number of nitrogens with zero attached hydrogens (tertiary/aromatic N) is 2. The van der Waals surface area contributed by atoms with Crippen LogP contribution in [-0.2, 0) is 11.8 Å². The average Bonchev–Trinajstić information content (AvgIpc) is 3.12. The summed E-state index contributed by atoms with van der Waals surface area (Å²) in [5.41, 5.74) is 4.12. The maximum atomic E-state index is 12.7. The lowest BCUT2D eigenvalue weighted by molar-refractivity contribution is 0.0277. The Kier molecular flexibility index (Phi) is 6.46. The molecule has 1 amide bonds. The lowest BCUT2D eigenvalue weighted by atomic mass is 10.1. The molecule has 0 unspecified atom stereocenters. The van der Waals surface area contributed by atoms with Gasteiger partial charge in [0.25, 0.3) is 5.91 Å². The second-order valence-corrected chi connectivity index (χ2v) is 6.54. The van der Waals surface area contributed by atoms with Crippen LogP contribution in [0.3, 0.4) is 0 Å². The van der Waals surface area contributed by atoms with E-state index in [4.69, 9.17) is 4.74 Å². The Bertz CT molecular complexity index is 919. The van der Waals surface area contributed by atoms with E-state index in [1.807, 2.05) is 54.6 Å². The summed E-state index contributed by atoms with van der Waals surface area (Å²) in [7, 11) is 1.78. The van der Waals surface area contributed by atoms with E-state index in [1.54, 1.807) is 17.8 Å². The third-order valence-electron chi connectivity index (χ3n) is 4.65. The van der Waals surface area contributed by atoms with Crippen molar-refractivity contribution < 1.29 is 9.53 Å². The number of hydrogen-bond donors (Lipinski definition) is 2. The summed E-state index contributed by atoms with van der Waals surface area (Å²) in [4.78, 5) is 12.7. The van der Waals surface area contributed by atoms with Crippen molar-refractivity contribution in [1.29, 1.82) is 0 Å². The van der Waals surface area contributed by atoms with Gasteiger partial charge in [0.05, 0.1) is 18.4 Å². The van der Waals surface area contributed by atoms with Gasteiger partial charge in [-0.05, 0) is 23.8 Å². The van der Waals surface area contributed by atoms with E-state index < -0.39 is 0 Å². The first-order chi connectivity index (χ1) is 13.2. The number of aromatic nitrogens is 2. The van der Waals surface area contributed by atoms with Crippen LogP contribution in [0.5, 0.6) is 0 Å². The minimum Gasteiger partial charge on any atom is -0.371 e. The minimum absolute atomic E-state index is 0. The molecule has 1 fully saturated rings. The van der Waals surface area contributed by atoms with Crippen molar-refractivity contribution in [2.75, 3.05) is 25.0 Å². The number of hydrogen-bond acceptors (Lipinski definition) is 4. The predicted molar refractivity (Wildman–Crippen MR) is 112 cm³/mol. The standard InChI is InChI=1S/C21H22N4O2.ClH/c1-25-19(13-18(24-25)15-5-3-2-4-6-15)21(26)23-17-9-7-16(8-10-17)20-14-22-11-12-27-20;/h2-10,13,20,22H,11-12,14H2,1H3,(H,23,26);1H/t20-;/m0./s1. The summed E-state index contributed by atoms with van der Waals surface area (Å²) in [6, 6.07) is 19.4. The van der Waals surface area contributed by atoms with Gasteiger partial charge in [-0.3, -0.25) is 9.48 Å². The normalized spacial score (nSPS) is 16.2. The fourth-order valence-corrected chi connectivity index (χ4v) is 3.19. The van der Waals surface area contributed by atoms with Crippen molar-refractivity contribution in [3.05, 3.63) is 71.9 Å². The zero-order valence-corrected chi connectivity index (χ0v) is 16.4. The second-order valence-electron chi connectivity index (χ2n) is 6.54. The fraction of sp³-hybridized carbons (Fsp3) is 0.238. The van der Waals surface area contributed by atoms with Crippen molar-refractivity contribution >= 4 is 24.0 Å². The molecule has 3 aromatic rings. The van der Waals surface area contributed by atoms with Crippen molar-refractivity contribution in [2.45, 2.75) is 6.10 Å². The molecule has 1 atom stereocenters. The molecule has 0 saturated carbocycles. The van der Waals surface area contributed by atoms with Gasteiger partial charge in [0, 0.05) is 31.4 Å². The molecular weight excluding hydrogens is 376 g/mol. The van der Waals surface area contributed by atoms with Crippen LogP contribution in [0.15, 0.2) is 60.7 Å². The quantitative estimate of drug-likeness (QED) is 0.706. The van der Waals surface area contributed by atoms with E-state index in [2.05, 4.69) is 15.7 Å². The highest BCUT2D eigenvalue weighted by atomic mass is 35.5. The van der Waals surface area contributed by atoms with Crippen molar-refractivity contribution in [3.63, 3.8) is 0 Å². The Morgan fingerprint density at radius 3 is 2.61 bits per heavy atom. The zero-order chi connectivity index (χ0) is 18.6. The lowest BCUT2D eigenvalue weighted by Crippen LogP contribution is -2.33. The SMILES string of the molecule is Cl.Cn1nc(-c2ccccc2)cc1C(=O)Nc1ccc([C@@H]2CNCCO2)cc1. The molecule has 0 aliphatic carbocycles. The van der Waals surface area contributed by atoms with Gasteiger partial charge in [-0.15, -0.1) is 12.4 Å². The third-order valence-corrected chi connectivity index (χ3v) is 4.65. The van der Waals surface area contributed by atoms with Crippen molar-refractivity contribution in [2.24, 2.45) is 7.05 Å². The molecule has 0 bridgehead atoms. The highest BCUT2D eigenvalue weighted by Gasteiger charge is 2.17. The van der Waals surface area contributed by atoms with Crippen molar-refractivity contribution in [3.8, 4) is 11.3 Å². The fourth-order valence-electron chi connectivity index (χ4n) is 3.19. The molecule has 1 aliphatic heterocycles. The first-order valence-corrected chi connectivity index (χ1v) is 9.04. The molecule has 0 radical (unpaired) electrons. The Hall–Kier alpha value is -2.67. The van der Waals surface area contributed by atoms with E-state index in [0.29, 0.717) is 12.3 Å². The smallest absolute Gasteiger partial charge is 0.273 e. The monoisotopic (exact) mass is 398 g/mol. The first kappa shape index (κ1) is 20.1. The number of aryl methyl sites for hydroxylation is 1. The van der Waals surface area contributed by atoms with Gasteiger partial charge in [0.1, 0.15) is 5.69 Å². The molecule has 2 heterocycles. The van der Waals surface area contributed by atoms with Gasteiger partial charge in [0.2, 0.25) is 0 Å². The van der Waals surface area contributed by atoms with Crippen LogP contribution in [0.4, 0.5) is 5.69 Å². The molecular formula is C21H23ClN4O2. The highest BCUT2D eigenvalue weighted by Crippen LogP contribution is 2.22. The Labute approximate surface area is 170 Å². The van der Waals surface area contributed by atoms with Crippen LogP contribution in [0.2, 0.25) is 0 Å². The molecule has 7 heteroatoms. The molecule has 146 valence electrons. The number of ether oxygens (including phenoxy) is 1. The highest BCUT2D eigenvalue weighted by molar-refractivity contribution is 6.03. The topological polar surface area (TPSA) is 68.2 Å². The van der Waals surface area contributed by atoms with E-state index in [0.717, 1.165) is 35.6 Å². The maximum absolute atomic E-state index is 12.7. The van der Waals surface area contributed by atoms with E-state index in [1.165, 1.54) is 0 Å². The Balaban J connectivity index is 0.00000225. The largest absolute Gasteiger partial charge is 0.371 e. The molecule has 1 aromatic heterocycles. The lowest BCUT2D eigenvalue weighted by Gasteiger charge is -2.24. The van der Waals surface area contributed by atoms with Gasteiger partial charge >= 0.3 is 0 Å². The van der Waals surface area contributed by atoms with Gasteiger partial charge in [-0.1, -0.05) is 42.5 Å². The van der Waals surface area contributed by atoms with Crippen molar-refractivity contribution in [1.82, 2.24) is 15.1 Å². The molecule has 2 N–H and O–H groups in total. The summed E-state index contributed by atoms with van der Waals surface area (Å²) < 4.78 is 7.36. The van der Waals surface area contributed by atoms with E-state index in [9.17, 15) is 4.79 Å². The van der Waals surface area contributed by atoms with Crippen LogP contribution in [-0.4, -0.2) is 35.4 Å². The van der Waals surface area contributed by atoms with Gasteiger partial charge < -0.3 is 15.4 Å². The van der Waals surface area contributed by atoms with Crippen LogP contribution in [0.25, 0.3) is 11.3 Å². The number of morpholine rings is 1. The number of amides is 1.